The Labute approximate surface area is 149 Å². The first-order chi connectivity index (χ1) is 11.7. The zero-order valence-electron chi connectivity index (χ0n) is 15.4. The number of anilines is 1. The van der Waals surface area contributed by atoms with Crippen molar-refractivity contribution in [1.82, 2.24) is 10.6 Å². The summed E-state index contributed by atoms with van der Waals surface area (Å²) in [5.74, 6) is -0.994. The van der Waals surface area contributed by atoms with Crippen LogP contribution in [0, 0.1) is 5.92 Å². The molecule has 0 spiro atoms. The van der Waals surface area contributed by atoms with Gasteiger partial charge in [0.1, 0.15) is 0 Å². The second-order valence-corrected chi connectivity index (χ2v) is 7.44. The van der Waals surface area contributed by atoms with Crippen LogP contribution in [0.5, 0.6) is 0 Å². The molecule has 1 aromatic rings. The summed E-state index contributed by atoms with van der Waals surface area (Å²) < 4.78 is 0. The van der Waals surface area contributed by atoms with E-state index in [1.807, 2.05) is 45.0 Å². The maximum absolute atomic E-state index is 12.3. The molecule has 6 nitrogen and oxygen atoms in total. The van der Waals surface area contributed by atoms with E-state index in [9.17, 15) is 14.4 Å². The lowest BCUT2D eigenvalue weighted by molar-refractivity contribution is -0.129. The van der Waals surface area contributed by atoms with Gasteiger partial charge in [-0.2, -0.15) is 0 Å². The Balaban J connectivity index is 1.90. The van der Waals surface area contributed by atoms with Gasteiger partial charge < -0.3 is 15.5 Å². The number of aryl methyl sites for hydroxylation is 1. The third kappa shape index (κ3) is 5.31. The number of benzene rings is 1. The van der Waals surface area contributed by atoms with E-state index in [0.29, 0.717) is 6.54 Å². The molecule has 0 saturated carbocycles. The lowest BCUT2D eigenvalue weighted by atomic mass is 10.1. The zero-order valence-corrected chi connectivity index (χ0v) is 15.4. The van der Waals surface area contributed by atoms with Crippen molar-refractivity contribution in [3.05, 3.63) is 29.8 Å². The Bertz CT molecular complexity index is 647. The van der Waals surface area contributed by atoms with Crippen molar-refractivity contribution in [2.24, 2.45) is 5.92 Å². The molecule has 1 heterocycles. The molecule has 0 aliphatic carbocycles. The van der Waals surface area contributed by atoms with Crippen LogP contribution in [0.15, 0.2) is 24.3 Å². The number of nitrogens with one attached hydrogen (secondary N) is 2. The molecule has 6 heteroatoms. The lowest BCUT2D eigenvalue weighted by Crippen LogP contribution is -2.46. The predicted molar refractivity (Wildman–Crippen MR) is 97.2 cm³/mol. The molecule has 1 aliphatic heterocycles. The summed E-state index contributed by atoms with van der Waals surface area (Å²) in [5.41, 5.74) is 1.67. The highest BCUT2D eigenvalue weighted by Crippen LogP contribution is 2.25. The van der Waals surface area contributed by atoms with E-state index in [4.69, 9.17) is 0 Å². The van der Waals surface area contributed by atoms with Crippen LogP contribution in [0.2, 0.25) is 0 Å². The summed E-state index contributed by atoms with van der Waals surface area (Å²) in [4.78, 5) is 37.9. The fourth-order valence-electron chi connectivity index (χ4n) is 2.82. The van der Waals surface area contributed by atoms with Gasteiger partial charge in [0.25, 0.3) is 0 Å². The highest BCUT2D eigenvalue weighted by molar-refractivity contribution is 6.00. The first-order valence-corrected chi connectivity index (χ1v) is 8.67. The van der Waals surface area contributed by atoms with Crippen LogP contribution in [0.3, 0.4) is 0 Å². The average molecular weight is 345 g/mol. The van der Waals surface area contributed by atoms with E-state index in [1.165, 1.54) is 5.56 Å². The van der Waals surface area contributed by atoms with Gasteiger partial charge in [-0.15, -0.1) is 0 Å². The maximum atomic E-state index is 12.3. The first kappa shape index (κ1) is 19.0. The number of carbonyl (C=O) groups excluding carboxylic acids is 3. The molecule has 1 aromatic carbocycles. The Morgan fingerprint density at radius 3 is 2.40 bits per heavy atom. The van der Waals surface area contributed by atoms with Crippen molar-refractivity contribution in [3.63, 3.8) is 0 Å². The van der Waals surface area contributed by atoms with Crippen LogP contribution >= 0.6 is 0 Å². The number of hydrogen-bond acceptors (Lipinski definition) is 3. The second kappa shape index (κ2) is 7.68. The Morgan fingerprint density at radius 2 is 1.84 bits per heavy atom. The summed E-state index contributed by atoms with van der Waals surface area (Å²) in [7, 11) is 0. The fraction of sp³-hybridized carbons (Fsp3) is 0.526. The molecule has 1 aliphatic rings. The molecule has 0 aromatic heterocycles. The minimum atomic E-state index is -0.430. The quantitative estimate of drug-likeness (QED) is 0.851. The monoisotopic (exact) mass is 345 g/mol. The molecule has 1 atom stereocenters. The van der Waals surface area contributed by atoms with Gasteiger partial charge in [-0.25, -0.2) is 0 Å². The summed E-state index contributed by atoms with van der Waals surface area (Å²) in [6.45, 7) is 7.98. The Kier molecular flexibility index (Phi) is 5.82. The van der Waals surface area contributed by atoms with Gasteiger partial charge in [0.2, 0.25) is 17.7 Å². The van der Waals surface area contributed by atoms with Crippen molar-refractivity contribution < 1.29 is 14.4 Å². The normalized spacial score (nSPS) is 17.5. The lowest BCUT2D eigenvalue weighted by Gasteiger charge is -2.21. The van der Waals surface area contributed by atoms with Crippen LogP contribution in [-0.4, -0.2) is 36.3 Å². The van der Waals surface area contributed by atoms with E-state index < -0.39 is 5.92 Å². The third-order valence-corrected chi connectivity index (χ3v) is 4.09. The van der Waals surface area contributed by atoms with Crippen LogP contribution in [-0.2, 0) is 20.8 Å². The molecule has 0 radical (unpaired) electrons. The van der Waals surface area contributed by atoms with E-state index in [1.54, 1.807) is 4.90 Å². The first-order valence-electron chi connectivity index (χ1n) is 8.67. The van der Waals surface area contributed by atoms with Crippen LogP contribution in [0.4, 0.5) is 5.69 Å². The second-order valence-electron chi connectivity index (χ2n) is 7.44. The highest BCUT2D eigenvalue weighted by atomic mass is 16.2. The topological polar surface area (TPSA) is 78.5 Å². The average Bonchev–Trinajstić information content (AvgIpc) is 2.93. The van der Waals surface area contributed by atoms with Gasteiger partial charge in [0.15, 0.2) is 0 Å². The standard InChI is InChI=1S/C19H27N3O3/c1-5-13-6-8-15(9-7-13)22-12-14(10-17(22)24)18(25)20-11-16(23)21-19(2,3)4/h6-9,14H,5,10-12H2,1-4H3,(H,20,25)(H,21,23). The molecule has 1 fully saturated rings. The molecule has 0 bridgehead atoms. The van der Waals surface area contributed by atoms with E-state index in [-0.39, 0.29) is 36.2 Å². The van der Waals surface area contributed by atoms with Crippen molar-refractivity contribution >= 4 is 23.4 Å². The van der Waals surface area contributed by atoms with Crippen molar-refractivity contribution in [2.45, 2.75) is 46.1 Å². The molecular formula is C19H27N3O3. The number of amides is 3. The van der Waals surface area contributed by atoms with E-state index >= 15 is 0 Å². The molecule has 2 rings (SSSR count). The Morgan fingerprint density at radius 1 is 1.20 bits per heavy atom. The van der Waals surface area contributed by atoms with Gasteiger partial charge in [0.05, 0.1) is 12.5 Å². The van der Waals surface area contributed by atoms with E-state index in [2.05, 4.69) is 17.6 Å². The van der Waals surface area contributed by atoms with Crippen LogP contribution in [0.1, 0.15) is 39.7 Å². The minimum Gasteiger partial charge on any atom is -0.350 e. The maximum Gasteiger partial charge on any atom is 0.239 e. The smallest absolute Gasteiger partial charge is 0.239 e. The zero-order chi connectivity index (χ0) is 18.6. The summed E-state index contributed by atoms with van der Waals surface area (Å²) in [6, 6.07) is 7.81. The van der Waals surface area contributed by atoms with Crippen molar-refractivity contribution in [2.75, 3.05) is 18.0 Å². The fourth-order valence-corrected chi connectivity index (χ4v) is 2.82. The van der Waals surface area contributed by atoms with Crippen molar-refractivity contribution in [3.8, 4) is 0 Å². The van der Waals surface area contributed by atoms with Gasteiger partial charge >= 0.3 is 0 Å². The van der Waals surface area contributed by atoms with Crippen LogP contribution in [0.25, 0.3) is 0 Å². The number of hydrogen-bond donors (Lipinski definition) is 2. The predicted octanol–water partition coefficient (Wildman–Crippen LogP) is 1.63. The molecular weight excluding hydrogens is 318 g/mol. The molecule has 136 valence electrons. The molecule has 1 unspecified atom stereocenters. The minimum absolute atomic E-state index is 0.0662. The van der Waals surface area contributed by atoms with Gasteiger partial charge in [-0.3, -0.25) is 14.4 Å². The summed E-state index contributed by atoms with van der Waals surface area (Å²) in [6.07, 6.45) is 1.11. The number of rotatable bonds is 5. The van der Waals surface area contributed by atoms with Gasteiger partial charge in [0, 0.05) is 24.2 Å². The molecule has 3 amide bonds. The number of nitrogens with zero attached hydrogens (tertiary/aromatic N) is 1. The van der Waals surface area contributed by atoms with Crippen LogP contribution < -0.4 is 15.5 Å². The Hall–Kier alpha value is -2.37. The molecule has 25 heavy (non-hydrogen) atoms. The van der Waals surface area contributed by atoms with Gasteiger partial charge in [-0.05, 0) is 44.9 Å². The molecule has 1 saturated heterocycles. The molecule has 2 N–H and O–H groups in total. The third-order valence-electron chi connectivity index (χ3n) is 4.09. The largest absolute Gasteiger partial charge is 0.350 e. The summed E-state index contributed by atoms with van der Waals surface area (Å²) in [5, 5.41) is 5.42. The van der Waals surface area contributed by atoms with Gasteiger partial charge in [-0.1, -0.05) is 19.1 Å². The van der Waals surface area contributed by atoms with Crippen molar-refractivity contribution in [1.29, 1.82) is 0 Å². The highest BCUT2D eigenvalue weighted by Gasteiger charge is 2.35. The summed E-state index contributed by atoms with van der Waals surface area (Å²) >= 11 is 0. The number of carbonyl (C=O) groups is 3. The SMILES string of the molecule is CCc1ccc(N2CC(C(=O)NCC(=O)NC(C)(C)C)CC2=O)cc1. The van der Waals surface area contributed by atoms with E-state index in [0.717, 1.165) is 12.1 Å².